The molecule has 0 aliphatic rings. The van der Waals surface area contributed by atoms with Crippen molar-refractivity contribution < 1.29 is 91.1 Å². The standard InChI is InChI=1S/C17H17F13NO3S.BrH/c1-4-31(2,3)9-10-5-7-11(8-6-10)34-35(32,33)17(29,30)15(24,25)13(20,21)12(18,19)14(22,23)16(26,27)28;/h5-8H,4,9H2,1-3H3;1H/q+1;/p-1. The van der Waals surface area contributed by atoms with Gasteiger partial charge in [0, 0.05) is 5.56 Å². The Morgan fingerprint density at radius 1 is 0.722 bits per heavy atom. The molecule has 1 aromatic rings. The number of hydrogen-bond donors (Lipinski definition) is 0. The Kier molecular flexibility index (Phi) is 9.58. The van der Waals surface area contributed by atoms with Gasteiger partial charge in [-0.1, -0.05) is 0 Å². The number of rotatable bonds is 10. The van der Waals surface area contributed by atoms with E-state index in [2.05, 4.69) is 4.18 Å². The van der Waals surface area contributed by atoms with Crippen molar-refractivity contribution in [2.75, 3.05) is 20.6 Å². The van der Waals surface area contributed by atoms with E-state index in [0.29, 0.717) is 28.7 Å². The van der Waals surface area contributed by atoms with Gasteiger partial charge in [0.05, 0.1) is 20.6 Å². The number of hydrogen-bond acceptors (Lipinski definition) is 3. The highest BCUT2D eigenvalue weighted by atomic mass is 79.9. The van der Waals surface area contributed by atoms with Crippen molar-refractivity contribution in [1.29, 1.82) is 0 Å². The van der Waals surface area contributed by atoms with Gasteiger partial charge in [0.1, 0.15) is 12.3 Å². The predicted molar refractivity (Wildman–Crippen MR) is 93.1 cm³/mol. The fourth-order valence-corrected chi connectivity index (χ4v) is 3.26. The van der Waals surface area contributed by atoms with Gasteiger partial charge in [0.25, 0.3) is 0 Å². The molecule has 0 atom stereocenters. The van der Waals surface area contributed by atoms with Crippen molar-refractivity contribution in [3.05, 3.63) is 29.8 Å². The van der Waals surface area contributed by atoms with Gasteiger partial charge in [-0.25, -0.2) is 0 Å². The van der Waals surface area contributed by atoms with Crippen LogP contribution in [0.2, 0.25) is 0 Å². The Morgan fingerprint density at radius 3 is 1.47 bits per heavy atom. The van der Waals surface area contributed by atoms with Gasteiger partial charge in [-0.3, -0.25) is 0 Å². The van der Waals surface area contributed by atoms with Gasteiger partial charge in [-0.2, -0.15) is 65.5 Å². The lowest BCUT2D eigenvalue weighted by molar-refractivity contribution is -0.901. The summed E-state index contributed by atoms with van der Waals surface area (Å²) in [6.07, 6.45) is -7.60. The first kappa shape index (κ1) is 34.5. The molecule has 0 aliphatic carbocycles. The summed E-state index contributed by atoms with van der Waals surface area (Å²) in [5, 5.41) is -7.41. The van der Waals surface area contributed by atoms with E-state index in [0.717, 1.165) is 12.1 Å². The van der Waals surface area contributed by atoms with E-state index >= 15 is 0 Å². The molecule has 1 rings (SSSR count). The lowest BCUT2D eigenvalue weighted by atomic mass is 9.98. The third-order valence-electron chi connectivity index (χ3n) is 4.81. The minimum absolute atomic E-state index is 0. The highest BCUT2D eigenvalue weighted by molar-refractivity contribution is 7.88. The van der Waals surface area contributed by atoms with Gasteiger partial charge in [-0.15, -0.1) is 0 Å². The van der Waals surface area contributed by atoms with E-state index in [4.69, 9.17) is 0 Å². The maximum Gasteiger partial charge on any atom is 0.460 e. The SMILES string of the molecule is CC[N+](C)(C)Cc1ccc(OS(=O)(=O)C(F)(F)C(F)(F)C(F)(F)C(F)(F)C(F)(F)C(F)(F)F)cc1.[Br-]. The minimum atomic E-state index is -8.24. The Morgan fingerprint density at radius 2 is 1.11 bits per heavy atom. The van der Waals surface area contributed by atoms with Crippen molar-refractivity contribution in [2.45, 2.75) is 48.6 Å². The van der Waals surface area contributed by atoms with E-state index in [1.54, 1.807) is 21.0 Å². The fourth-order valence-electron chi connectivity index (χ4n) is 2.35. The highest BCUT2D eigenvalue weighted by Crippen LogP contribution is 2.61. The fraction of sp³-hybridized carbons (Fsp3) is 0.647. The first-order valence-electron chi connectivity index (χ1n) is 9.02. The summed E-state index contributed by atoms with van der Waals surface area (Å²) in [5.41, 5.74) is 0.416. The molecule has 36 heavy (non-hydrogen) atoms. The van der Waals surface area contributed by atoms with Crippen molar-refractivity contribution >= 4 is 10.1 Å². The van der Waals surface area contributed by atoms with Crippen molar-refractivity contribution in [1.82, 2.24) is 0 Å². The Balaban J connectivity index is 0.0000122. The Labute approximate surface area is 206 Å². The van der Waals surface area contributed by atoms with Crippen LogP contribution in [0, 0.1) is 0 Å². The van der Waals surface area contributed by atoms with Crippen LogP contribution < -0.4 is 21.2 Å². The Bertz CT molecular complexity index is 1010. The summed E-state index contributed by atoms with van der Waals surface area (Å²) >= 11 is 0. The molecule has 0 heterocycles. The zero-order valence-electron chi connectivity index (χ0n) is 18.1. The monoisotopic (exact) mass is 641 g/mol. The smallest absolute Gasteiger partial charge is 0.460 e. The molecule has 0 fully saturated rings. The summed E-state index contributed by atoms with van der Waals surface area (Å²) in [5.74, 6) is -33.6. The molecule has 19 heteroatoms. The van der Waals surface area contributed by atoms with Crippen LogP contribution in [0.3, 0.4) is 0 Å². The maximum atomic E-state index is 13.9. The summed E-state index contributed by atoms with van der Waals surface area (Å²) in [7, 11) is -3.88. The topological polar surface area (TPSA) is 43.4 Å². The van der Waals surface area contributed by atoms with Crippen LogP contribution in [0.5, 0.6) is 5.75 Å². The Hall–Kier alpha value is -1.50. The summed E-state index contributed by atoms with van der Waals surface area (Å²) in [6.45, 7) is 2.64. The first-order valence-corrected chi connectivity index (χ1v) is 10.4. The molecular formula is C17H17BrF13NO3S. The van der Waals surface area contributed by atoms with Crippen molar-refractivity contribution in [3.8, 4) is 5.75 Å². The van der Waals surface area contributed by atoms with E-state index < -0.39 is 51.0 Å². The van der Waals surface area contributed by atoms with Gasteiger partial charge in [-0.05, 0) is 31.2 Å². The quantitative estimate of drug-likeness (QED) is 0.224. The van der Waals surface area contributed by atoms with Gasteiger partial charge < -0.3 is 25.6 Å². The number of quaternary nitrogens is 1. The number of nitrogens with zero attached hydrogens (tertiary/aromatic N) is 1. The third kappa shape index (κ3) is 5.66. The van der Waals surface area contributed by atoms with Crippen molar-refractivity contribution in [3.63, 3.8) is 0 Å². The van der Waals surface area contributed by atoms with Gasteiger partial charge in [0.15, 0.2) is 0 Å². The van der Waals surface area contributed by atoms with Crippen LogP contribution in [0.25, 0.3) is 0 Å². The molecule has 0 N–H and O–H groups in total. The van der Waals surface area contributed by atoms with E-state index in [-0.39, 0.29) is 23.5 Å². The average Bonchev–Trinajstić information content (AvgIpc) is 2.67. The second-order valence-corrected chi connectivity index (χ2v) is 9.49. The first-order chi connectivity index (χ1) is 15.2. The maximum absolute atomic E-state index is 13.9. The van der Waals surface area contributed by atoms with E-state index in [1.807, 2.05) is 0 Å². The normalized spacial score (nSPS) is 14.9. The number of halogens is 14. The second-order valence-electron chi connectivity index (χ2n) is 7.90. The largest absolute Gasteiger partial charge is 1.00 e. The molecule has 0 aromatic heterocycles. The highest BCUT2D eigenvalue weighted by Gasteiger charge is 2.93. The molecule has 0 amide bonds. The van der Waals surface area contributed by atoms with Crippen LogP contribution in [-0.4, -0.2) is 68.7 Å². The van der Waals surface area contributed by atoms with Gasteiger partial charge in [0.2, 0.25) is 0 Å². The molecular weight excluding hydrogens is 625 g/mol. The zero-order valence-corrected chi connectivity index (χ0v) is 20.5. The average molecular weight is 642 g/mol. The van der Waals surface area contributed by atoms with E-state index in [1.165, 1.54) is 0 Å². The van der Waals surface area contributed by atoms with Crippen LogP contribution in [0.4, 0.5) is 57.1 Å². The summed E-state index contributed by atoms with van der Waals surface area (Å²) in [6, 6.07) is 3.29. The molecule has 0 radical (unpaired) electrons. The van der Waals surface area contributed by atoms with E-state index in [9.17, 15) is 65.5 Å². The zero-order chi connectivity index (χ0) is 28.1. The van der Waals surface area contributed by atoms with Crippen LogP contribution in [-0.2, 0) is 16.7 Å². The molecule has 0 bridgehead atoms. The predicted octanol–water partition coefficient (Wildman–Crippen LogP) is 2.69. The van der Waals surface area contributed by atoms with Crippen LogP contribution in [0.1, 0.15) is 12.5 Å². The van der Waals surface area contributed by atoms with Crippen LogP contribution >= 0.6 is 0 Å². The second kappa shape index (κ2) is 9.99. The minimum Gasteiger partial charge on any atom is -1.00 e. The van der Waals surface area contributed by atoms with Gasteiger partial charge >= 0.3 is 45.2 Å². The lowest BCUT2D eigenvalue weighted by Gasteiger charge is -2.38. The third-order valence-corrected chi connectivity index (χ3v) is 6.11. The molecule has 0 saturated heterocycles. The number of benzene rings is 1. The summed E-state index contributed by atoms with van der Waals surface area (Å²) in [4.78, 5) is 0. The van der Waals surface area contributed by atoms with Crippen LogP contribution in [0.15, 0.2) is 24.3 Å². The molecule has 0 spiro atoms. The van der Waals surface area contributed by atoms with Crippen molar-refractivity contribution in [2.24, 2.45) is 0 Å². The molecule has 0 saturated carbocycles. The molecule has 4 nitrogen and oxygen atoms in total. The summed E-state index contributed by atoms with van der Waals surface area (Å²) < 4.78 is 198. The molecule has 0 unspecified atom stereocenters. The number of alkyl halides is 13. The molecule has 0 aliphatic heterocycles. The molecule has 212 valence electrons. The molecule has 1 aromatic carbocycles. The lowest BCUT2D eigenvalue weighted by Crippen LogP contribution is -3.00.